The maximum Gasteiger partial charge on any atom is 0.334 e. The Labute approximate surface area is 363 Å². The number of rotatable bonds is 27. The molecule has 0 aromatic heterocycles. The molecule has 0 saturated heterocycles. The van der Waals surface area contributed by atoms with Crippen LogP contribution in [0.5, 0.6) is 5.75 Å². The van der Waals surface area contributed by atoms with E-state index in [0.717, 1.165) is 30.3 Å². The van der Waals surface area contributed by atoms with Crippen LogP contribution in [0.1, 0.15) is 111 Å². The number of esters is 1. The summed E-state index contributed by atoms with van der Waals surface area (Å²) in [6, 6.07) is 11.3. The van der Waals surface area contributed by atoms with Crippen LogP contribution in [-0.2, 0) is 28.8 Å². The fourth-order valence-electron chi connectivity index (χ4n) is 4.87. The van der Waals surface area contributed by atoms with E-state index in [4.69, 9.17) is 44.2 Å². The second kappa shape index (κ2) is 42.0. The highest BCUT2D eigenvalue weighted by Gasteiger charge is 2.23. The number of benzene rings is 2. The Morgan fingerprint density at radius 2 is 0.984 bits per heavy atom. The van der Waals surface area contributed by atoms with Crippen LogP contribution in [0.3, 0.4) is 0 Å². The van der Waals surface area contributed by atoms with E-state index in [1.165, 1.54) is 25.7 Å². The van der Waals surface area contributed by atoms with Gasteiger partial charge in [0.1, 0.15) is 17.8 Å². The van der Waals surface area contributed by atoms with E-state index in [2.05, 4.69) is 35.1 Å². The zero-order valence-electron chi connectivity index (χ0n) is 36.0. The Bertz CT molecular complexity index is 1460. The molecular weight excluding hydrogens is 785 g/mol. The first-order valence-electron chi connectivity index (χ1n) is 21.1. The van der Waals surface area contributed by atoms with E-state index in [9.17, 15) is 28.8 Å². The first-order chi connectivity index (χ1) is 28.9. The Morgan fingerprint density at radius 1 is 0.557 bits per heavy atom. The van der Waals surface area contributed by atoms with Gasteiger partial charge in [-0.3, -0.25) is 19.2 Å². The van der Waals surface area contributed by atoms with Gasteiger partial charge in [-0.2, -0.15) is 0 Å². The van der Waals surface area contributed by atoms with Gasteiger partial charge in [0.25, 0.3) is 0 Å². The minimum atomic E-state index is -1.09. The van der Waals surface area contributed by atoms with Crippen molar-refractivity contribution in [1.29, 1.82) is 0 Å². The number of unbranched alkanes of at least 4 members (excludes halogenated alkanes) is 4. The van der Waals surface area contributed by atoms with Gasteiger partial charge in [-0.15, -0.1) is 0 Å². The molecule has 0 aliphatic carbocycles. The van der Waals surface area contributed by atoms with Crippen LogP contribution in [0.2, 0.25) is 0 Å². The summed E-state index contributed by atoms with van der Waals surface area (Å²) in [5, 5.41) is 20.9. The molecule has 0 saturated carbocycles. The number of fused-ring (bicyclic) bond motifs is 1. The molecule has 0 bridgehead atoms. The van der Waals surface area contributed by atoms with Crippen molar-refractivity contribution in [2.75, 3.05) is 52.4 Å². The molecule has 2 aromatic carbocycles. The number of carboxylic acid groups (broad SMARTS) is 1. The number of carbonyl (C=O) groups excluding carboxylic acids is 5. The molecule has 18 nitrogen and oxygen atoms in total. The molecule has 61 heavy (non-hydrogen) atoms. The summed E-state index contributed by atoms with van der Waals surface area (Å²) in [6.07, 6.45) is 9.81. The Hall–Kier alpha value is -4.72. The first kappa shape index (κ1) is 60.6. The van der Waals surface area contributed by atoms with Crippen molar-refractivity contribution in [2.45, 2.75) is 123 Å². The molecule has 0 aliphatic heterocycles. The smallest absolute Gasteiger partial charge is 0.334 e. The monoisotopic (exact) mass is 865 g/mol. The van der Waals surface area contributed by atoms with Gasteiger partial charge < -0.3 is 65.5 Å². The fraction of sp³-hybridized carbons (Fsp3) is 0.628. The third-order valence-corrected chi connectivity index (χ3v) is 8.31. The normalized spacial score (nSPS) is 11.0. The third-order valence-electron chi connectivity index (χ3n) is 8.31. The lowest BCUT2D eigenvalue weighted by atomic mass is 10.1. The minimum Gasteiger partial charge on any atom is -0.480 e. The molecule has 4 amide bonds. The molecule has 0 fully saturated rings. The number of nitrogens with two attached hydrogens (primary N) is 6. The zero-order valence-corrected chi connectivity index (χ0v) is 36.0. The lowest BCUT2D eigenvalue weighted by molar-refractivity contribution is -0.142. The number of nitrogens with one attached hydrogen (secondary N) is 4. The molecule has 17 N–H and O–H groups in total. The Balaban J connectivity index is -0.000000932. The second-order valence-corrected chi connectivity index (χ2v) is 13.7. The molecular formula is C43H80N10O8. The minimum absolute atomic E-state index is 0. The molecule has 0 spiro atoms. The number of carboxylic acids is 1. The van der Waals surface area contributed by atoms with Crippen LogP contribution in [0, 0.1) is 0 Å². The number of hydrogen-bond acceptors (Lipinski definition) is 13. The summed E-state index contributed by atoms with van der Waals surface area (Å²) >= 11 is 0. The Kier molecular flexibility index (Phi) is 41.7. The van der Waals surface area contributed by atoms with Crippen molar-refractivity contribution in [3.05, 3.63) is 42.5 Å². The molecule has 350 valence electrons. The van der Waals surface area contributed by atoms with Crippen molar-refractivity contribution in [2.24, 2.45) is 34.4 Å². The predicted octanol–water partition coefficient (Wildman–Crippen LogP) is 1.88. The third kappa shape index (κ3) is 34.7. The maximum absolute atomic E-state index is 12.7. The number of amides is 4. The summed E-state index contributed by atoms with van der Waals surface area (Å²) in [4.78, 5) is 70.3. The predicted molar refractivity (Wildman–Crippen MR) is 244 cm³/mol. The quantitative estimate of drug-likeness (QED) is 0.0347. The van der Waals surface area contributed by atoms with Gasteiger partial charge in [-0.1, -0.05) is 64.4 Å². The Morgan fingerprint density at radius 3 is 1.39 bits per heavy atom. The van der Waals surface area contributed by atoms with Crippen molar-refractivity contribution < 1.29 is 38.6 Å². The lowest BCUT2D eigenvalue weighted by Crippen LogP contribution is -2.47. The van der Waals surface area contributed by atoms with Crippen LogP contribution < -0.4 is 60.4 Å². The van der Waals surface area contributed by atoms with Gasteiger partial charge in [0.15, 0.2) is 0 Å². The lowest BCUT2D eigenvalue weighted by Gasteiger charge is -2.18. The highest BCUT2D eigenvalue weighted by molar-refractivity contribution is 5.90. The van der Waals surface area contributed by atoms with Gasteiger partial charge in [-0.25, -0.2) is 9.59 Å². The highest BCUT2D eigenvalue weighted by Crippen LogP contribution is 2.21. The number of carbonyl (C=O) groups is 6. The van der Waals surface area contributed by atoms with E-state index >= 15 is 0 Å². The summed E-state index contributed by atoms with van der Waals surface area (Å²) in [7, 11) is 0. The topological polar surface area (TPSA) is 336 Å². The van der Waals surface area contributed by atoms with E-state index in [0.29, 0.717) is 76.9 Å². The van der Waals surface area contributed by atoms with Crippen LogP contribution >= 0.6 is 0 Å². The largest absolute Gasteiger partial charge is 0.480 e. The van der Waals surface area contributed by atoms with Crippen molar-refractivity contribution in [1.82, 2.24) is 21.3 Å². The van der Waals surface area contributed by atoms with Crippen molar-refractivity contribution in [3.63, 3.8) is 0 Å². The number of aliphatic carboxylic acids is 1. The van der Waals surface area contributed by atoms with Crippen molar-refractivity contribution in [3.8, 4) is 5.75 Å². The average molecular weight is 865 g/mol. The zero-order chi connectivity index (χ0) is 45.4. The highest BCUT2D eigenvalue weighted by atomic mass is 16.5. The first-order valence-corrected chi connectivity index (χ1v) is 21.1. The molecule has 2 rings (SSSR count). The van der Waals surface area contributed by atoms with E-state index in [-0.39, 0.29) is 45.2 Å². The SMILES string of the molecule is C.CCCCN.CCCCN.NCCCCC(NC(=O)CNC(=O)CCCN)C(=O)O.NCCCCC(NC(=O)CNC(=O)CCCN)C(=O)Oc1ccc2ccccc2c1. The number of ether oxygens (including phenoxy) is 1. The molecule has 0 radical (unpaired) electrons. The maximum atomic E-state index is 12.7. The van der Waals surface area contributed by atoms with E-state index in [1.54, 1.807) is 12.1 Å². The average Bonchev–Trinajstić information content (AvgIpc) is 3.24. The molecule has 2 aromatic rings. The van der Waals surface area contributed by atoms with Gasteiger partial charge in [0.05, 0.1) is 13.1 Å². The van der Waals surface area contributed by atoms with Crippen LogP contribution in [0.25, 0.3) is 10.8 Å². The summed E-state index contributed by atoms with van der Waals surface area (Å²) in [6.45, 7) is 7.30. The number of hydrogen-bond donors (Lipinski definition) is 11. The summed E-state index contributed by atoms with van der Waals surface area (Å²) in [5.74, 6) is -2.74. The molecule has 2 unspecified atom stereocenters. The van der Waals surface area contributed by atoms with Gasteiger partial charge >= 0.3 is 11.9 Å². The van der Waals surface area contributed by atoms with Crippen LogP contribution in [0.4, 0.5) is 0 Å². The van der Waals surface area contributed by atoms with E-state index in [1.807, 2.05) is 30.3 Å². The summed E-state index contributed by atoms with van der Waals surface area (Å²) in [5.41, 5.74) is 31.8. The van der Waals surface area contributed by atoms with Gasteiger partial charge in [0.2, 0.25) is 23.6 Å². The van der Waals surface area contributed by atoms with Crippen LogP contribution in [0.15, 0.2) is 42.5 Å². The standard InChI is InChI=1S/C22H30N4O4.C12H24N4O4.2C4H11N.CH4/c23-12-4-3-8-19(26-21(28)15-25-20(27)9-5-13-24)22(29)30-18-11-10-16-6-1-2-7-17(16)14-18;13-6-2-1-4-9(12(19)20)16-11(18)8-15-10(17)5-3-7-14;2*1-2-3-4-5;/h1-2,6-7,10-11,14,19H,3-5,8-9,12-13,15,23-24H2,(H,25,27)(H,26,28);9H,1-8,13-14H2,(H,15,17)(H,16,18)(H,19,20);2*2-5H2,1H3;1H4. The molecule has 0 aliphatic rings. The molecule has 0 heterocycles. The van der Waals surface area contributed by atoms with Gasteiger partial charge in [0, 0.05) is 12.8 Å². The molecule has 2 atom stereocenters. The molecule has 18 heteroatoms. The fourth-order valence-corrected chi connectivity index (χ4v) is 4.87. The van der Waals surface area contributed by atoms with Crippen molar-refractivity contribution >= 4 is 46.3 Å². The van der Waals surface area contributed by atoms with Gasteiger partial charge in [-0.05, 0) is 126 Å². The van der Waals surface area contributed by atoms with E-state index < -0.39 is 35.8 Å². The second-order valence-electron chi connectivity index (χ2n) is 13.7. The summed E-state index contributed by atoms with van der Waals surface area (Å²) < 4.78 is 5.51. The van der Waals surface area contributed by atoms with Crippen LogP contribution in [-0.4, -0.2) is 105 Å².